The maximum Gasteiger partial charge on any atom is 0.332 e. The number of carboxylic acids is 1. The number of nitrogens with one attached hydrogen (secondary N) is 1. The lowest BCUT2D eigenvalue weighted by atomic mass is 9.51. The lowest BCUT2D eigenvalue weighted by molar-refractivity contribution is -0.178. The third-order valence-corrected chi connectivity index (χ3v) is 5.34. The van der Waals surface area contributed by atoms with Gasteiger partial charge in [0.05, 0.1) is 6.10 Å². The summed E-state index contributed by atoms with van der Waals surface area (Å²) in [5.41, 5.74) is 0.122. The molecule has 0 aromatic rings. The molecule has 2 N–H and O–H groups in total. The first-order chi connectivity index (χ1) is 10.1. The molecular weight excluding hydrogens is 274 g/mol. The fraction of sp³-hybridized carbons (Fsp3) is 0.867. The van der Waals surface area contributed by atoms with Crippen LogP contribution in [0.2, 0.25) is 0 Å². The first-order valence-corrected chi connectivity index (χ1v) is 7.87. The molecule has 1 spiro atoms. The maximum absolute atomic E-state index is 12.2. The van der Waals surface area contributed by atoms with E-state index in [4.69, 9.17) is 14.6 Å². The van der Waals surface area contributed by atoms with E-state index in [1.54, 1.807) is 0 Å². The quantitative estimate of drug-likeness (QED) is 0.793. The standard InChI is InChI=1S/C15H23NO5/c1-2-20-12-8-11(15(12)6-3-7-15)16-13(17)9-4-5-10(21-9)14(18)19/h9-12H,2-8H2,1H3,(H,16,17)(H,18,19)/t9-,10+,11?,12?/m0/s1. The highest BCUT2D eigenvalue weighted by Crippen LogP contribution is 2.57. The van der Waals surface area contributed by atoms with E-state index < -0.39 is 18.2 Å². The lowest BCUT2D eigenvalue weighted by Gasteiger charge is -2.61. The summed E-state index contributed by atoms with van der Waals surface area (Å²) in [5.74, 6) is -1.15. The van der Waals surface area contributed by atoms with E-state index in [9.17, 15) is 9.59 Å². The second kappa shape index (κ2) is 5.57. The minimum atomic E-state index is -0.985. The molecule has 6 nitrogen and oxygen atoms in total. The summed E-state index contributed by atoms with van der Waals surface area (Å²) < 4.78 is 11.1. The van der Waals surface area contributed by atoms with Crippen molar-refractivity contribution in [2.75, 3.05) is 6.61 Å². The van der Waals surface area contributed by atoms with Crippen molar-refractivity contribution < 1.29 is 24.2 Å². The molecule has 0 aromatic carbocycles. The van der Waals surface area contributed by atoms with Crippen LogP contribution in [0.15, 0.2) is 0 Å². The fourth-order valence-electron chi connectivity index (χ4n) is 3.92. The monoisotopic (exact) mass is 297 g/mol. The van der Waals surface area contributed by atoms with Gasteiger partial charge in [0.25, 0.3) is 0 Å². The van der Waals surface area contributed by atoms with Crippen LogP contribution in [0.1, 0.15) is 45.4 Å². The van der Waals surface area contributed by atoms with Crippen molar-refractivity contribution in [1.82, 2.24) is 5.32 Å². The smallest absolute Gasteiger partial charge is 0.332 e. The second-order valence-electron chi connectivity index (χ2n) is 6.36. The van der Waals surface area contributed by atoms with Crippen molar-refractivity contribution in [3.05, 3.63) is 0 Å². The number of ether oxygens (including phenoxy) is 2. The minimum absolute atomic E-state index is 0.122. The summed E-state index contributed by atoms with van der Waals surface area (Å²) in [6.07, 6.45) is 3.95. The predicted octanol–water partition coefficient (Wildman–Crippen LogP) is 1.08. The summed E-state index contributed by atoms with van der Waals surface area (Å²) in [4.78, 5) is 23.1. The van der Waals surface area contributed by atoms with Crippen LogP contribution in [0.25, 0.3) is 0 Å². The number of hydrogen-bond acceptors (Lipinski definition) is 4. The van der Waals surface area contributed by atoms with Gasteiger partial charge in [0.1, 0.15) is 6.10 Å². The van der Waals surface area contributed by atoms with Gasteiger partial charge in [-0.15, -0.1) is 0 Å². The summed E-state index contributed by atoms with van der Waals surface area (Å²) in [6.45, 7) is 2.70. The third-order valence-electron chi connectivity index (χ3n) is 5.34. The lowest BCUT2D eigenvalue weighted by Crippen LogP contribution is -2.68. The average Bonchev–Trinajstić information content (AvgIpc) is 2.85. The molecule has 0 aromatic heterocycles. The summed E-state index contributed by atoms with van der Waals surface area (Å²) >= 11 is 0. The van der Waals surface area contributed by atoms with Gasteiger partial charge in [0.15, 0.2) is 6.10 Å². The van der Waals surface area contributed by atoms with E-state index in [0.717, 1.165) is 19.3 Å². The van der Waals surface area contributed by atoms with Crippen molar-refractivity contribution in [2.45, 2.75) is 69.8 Å². The molecule has 1 aliphatic heterocycles. The maximum atomic E-state index is 12.2. The Kier molecular flexibility index (Phi) is 3.92. The number of carbonyl (C=O) groups is 2. The first-order valence-electron chi connectivity index (χ1n) is 7.87. The second-order valence-corrected chi connectivity index (χ2v) is 6.36. The van der Waals surface area contributed by atoms with Gasteiger partial charge in [-0.2, -0.15) is 0 Å². The number of hydrogen-bond donors (Lipinski definition) is 2. The van der Waals surface area contributed by atoms with Gasteiger partial charge >= 0.3 is 5.97 Å². The van der Waals surface area contributed by atoms with Gasteiger partial charge < -0.3 is 19.9 Å². The van der Waals surface area contributed by atoms with E-state index >= 15 is 0 Å². The molecule has 3 aliphatic rings. The van der Waals surface area contributed by atoms with Crippen LogP contribution >= 0.6 is 0 Å². The molecule has 21 heavy (non-hydrogen) atoms. The average molecular weight is 297 g/mol. The van der Waals surface area contributed by atoms with Crippen LogP contribution < -0.4 is 5.32 Å². The summed E-state index contributed by atoms with van der Waals surface area (Å²) in [7, 11) is 0. The topological polar surface area (TPSA) is 84.9 Å². The van der Waals surface area contributed by atoms with Crippen molar-refractivity contribution in [3.8, 4) is 0 Å². The highest BCUT2D eigenvalue weighted by molar-refractivity contribution is 5.83. The molecule has 6 heteroatoms. The zero-order chi connectivity index (χ0) is 15.0. The van der Waals surface area contributed by atoms with Gasteiger partial charge in [-0.3, -0.25) is 4.79 Å². The van der Waals surface area contributed by atoms with Crippen LogP contribution in [0, 0.1) is 5.41 Å². The van der Waals surface area contributed by atoms with E-state index in [-0.39, 0.29) is 23.5 Å². The molecule has 1 amide bonds. The van der Waals surface area contributed by atoms with Crippen LogP contribution in [0.4, 0.5) is 0 Å². The Hall–Kier alpha value is -1.14. The summed E-state index contributed by atoms with van der Waals surface area (Å²) in [5, 5.41) is 12.0. The Bertz CT molecular complexity index is 434. The minimum Gasteiger partial charge on any atom is -0.479 e. The first kappa shape index (κ1) is 14.8. The SMILES string of the molecule is CCOC1CC(NC(=O)[C@@H]2CC[C@H](C(=O)O)O2)C12CCC2. The Morgan fingerprint density at radius 3 is 2.57 bits per heavy atom. The number of amides is 1. The largest absolute Gasteiger partial charge is 0.479 e. The zero-order valence-electron chi connectivity index (χ0n) is 12.3. The van der Waals surface area contributed by atoms with Crippen LogP contribution in [-0.2, 0) is 19.1 Å². The van der Waals surface area contributed by atoms with Crippen LogP contribution in [0.5, 0.6) is 0 Å². The van der Waals surface area contributed by atoms with Crippen molar-refractivity contribution in [1.29, 1.82) is 0 Å². The third kappa shape index (κ3) is 2.44. The Morgan fingerprint density at radius 2 is 2.05 bits per heavy atom. The van der Waals surface area contributed by atoms with E-state index in [1.165, 1.54) is 6.42 Å². The molecule has 2 aliphatic carbocycles. The predicted molar refractivity (Wildman–Crippen MR) is 73.8 cm³/mol. The Morgan fingerprint density at radius 1 is 1.33 bits per heavy atom. The number of carbonyl (C=O) groups excluding carboxylic acids is 1. The molecular formula is C15H23NO5. The molecule has 2 saturated carbocycles. The van der Waals surface area contributed by atoms with Gasteiger partial charge in [-0.05, 0) is 39.0 Å². The normalized spacial score (nSPS) is 36.8. The highest BCUT2D eigenvalue weighted by Gasteiger charge is 2.59. The van der Waals surface area contributed by atoms with E-state index in [1.807, 2.05) is 6.92 Å². The van der Waals surface area contributed by atoms with E-state index in [0.29, 0.717) is 19.4 Å². The fourth-order valence-corrected chi connectivity index (χ4v) is 3.92. The van der Waals surface area contributed by atoms with Gasteiger partial charge in [-0.25, -0.2) is 4.79 Å². The molecule has 3 fully saturated rings. The van der Waals surface area contributed by atoms with E-state index in [2.05, 4.69) is 5.32 Å². The van der Waals surface area contributed by atoms with Gasteiger partial charge in [-0.1, -0.05) is 6.42 Å². The number of aliphatic carboxylic acids is 1. The molecule has 118 valence electrons. The van der Waals surface area contributed by atoms with Gasteiger partial charge in [0, 0.05) is 18.1 Å². The zero-order valence-corrected chi connectivity index (χ0v) is 12.3. The van der Waals surface area contributed by atoms with Crippen LogP contribution in [0.3, 0.4) is 0 Å². The molecule has 4 atom stereocenters. The van der Waals surface area contributed by atoms with Crippen LogP contribution in [-0.4, -0.2) is 47.9 Å². The molecule has 0 radical (unpaired) electrons. The van der Waals surface area contributed by atoms with Crippen molar-refractivity contribution in [2.24, 2.45) is 5.41 Å². The van der Waals surface area contributed by atoms with Crippen molar-refractivity contribution in [3.63, 3.8) is 0 Å². The number of carboxylic acid groups (broad SMARTS) is 1. The molecule has 1 heterocycles. The molecule has 2 unspecified atom stereocenters. The summed E-state index contributed by atoms with van der Waals surface area (Å²) in [6, 6.07) is 0.155. The number of rotatable bonds is 5. The van der Waals surface area contributed by atoms with Gasteiger partial charge in [0.2, 0.25) is 5.91 Å². The molecule has 0 bridgehead atoms. The Labute approximate surface area is 124 Å². The van der Waals surface area contributed by atoms with Crippen molar-refractivity contribution >= 4 is 11.9 Å². The molecule has 3 rings (SSSR count). The Balaban J connectivity index is 1.53. The molecule has 1 saturated heterocycles. The highest BCUT2D eigenvalue weighted by atomic mass is 16.5.